The minimum atomic E-state index is -1.15. The first-order chi connectivity index (χ1) is 20.5. The lowest BCUT2D eigenvalue weighted by molar-refractivity contribution is 0.0224. The third-order valence-electron chi connectivity index (χ3n) is 8.27. The standard InChI is InChI=1S/C36H37ClN2O3/c1-3-5-12-20-39(21-13-6-4-2)26-18-19-29-33(22-26)41-34-24-31(37)32(38-25-14-8-7-9-15-25)23-30(34)36(29)28-17-11-10-16-27(28)35(40)42-36/h7-11,14-19,22-24,38H,3-6,12-13,20-21H2,1-2H3. The van der Waals surface area contributed by atoms with E-state index >= 15 is 0 Å². The van der Waals surface area contributed by atoms with Crippen molar-refractivity contribution in [3.63, 3.8) is 0 Å². The molecule has 2 aliphatic heterocycles. The number of ether oxygens (including phenoxy) is 2. The second kappa shape index (κ2) is 12.1. The molecule has 1 atom stereocenters. The average molecular weight is 581 g/mol. The molecule has 0 bridgehead atoms. The number of nitrogens with one attached hydrogen (secondary N) is 1. The Morgan fingerprint density at radius 3 is 2.19 bits per heavy atom. The van der Waals surface area contributed by atoms with Gasteiger partial charge in [0.15, 0.2) is 5.60 Å². The Bertz CT molecular complexity index is 1580. The number of unbranched alkanes of at least 4 members (excludes halogenated alkanes) is 4. The molecule has 0 aromatic heterocycles. The Hall–Kier alpha value is -3.96. The number of anilines is 3. The number of para-hydroxylation sites is 1. The number of nitrogens with zero attached hydrogens (tertiary/aromatic N) is 1. The van der Waals surface area contributed by atoms with Crippen molar-refractivity contribution in [3.8, 4) is 11.5 Å². The first-order valence-corrected chi connectivity index (χ1v) is 15.5. The molecule has 6 heteroatoms. The van der Waals surface area contributed by atoms with E-state index in [2.05, 4.69) is 42.3 Å². The van der Waals surface area contributed by atoms with Gasteiger partial charge in [-0.25, -0.2) is 4.79 Å². The maximum absolute atomic E-state index is 13.4. The zero-order valence-corrected chi connectivity index (χ0v) is 25.0. The van der Waals surface area contributed by atoms with Crippen LogP contribution in [0.4, 0.5) is 17.1 Å². The zero-order chi connectivity index (χ0) is 29.1. The summed E-state index contributed by atoms with van der Waals surface area (Å²) in [5.41, 5.74) is 4.51. The van der Waals surface area contributed by atoms with Gasteiger partial charge in [0.2, 0.25) is 0 Å². The van der Waals surface area contributed by atoms with Crippen LogP contribution in [0.5, 0.6) is 11.5 Å². The van der Waals surface area contributed by atoms with Gasteiger partial charge in [-0.3, -0.25) is 0 Å². The summed E-state index contributed by atoms with van der Waals surface area (Å²) >= 11 is 6.83. The van der Waals surface area contributed by atoms with Gasteiger partial charge >= 0.3 is 5.97 Å². The van der Waals surface area contributed by atoms with Gasteiger partial charge < -0.3 is 19.7 Å². The number of esters is 1. The maximum atomic E-state index is 13.4. The van der Waals surface area contributed by atoms with Crippen molar-refractivity contribution >= 4 is 34.6 Å². The van der Waals surface area contributed by atoms with Crippen molar-refractivity contribution in [1.29, 1.82) is 0 Å². The van der Waals surface area contributed by atoms with Gasteiger partial charge in [0.25, 0.3) is 0 Å². The molecule has 0 amide bonds. The largest absolute Gasteiger partial charge is 0.456 e. The third-order valence-corrected chi connectivity index (χ3v) is 8.58. The minimum absolute atomic E-state index is 0.346. The number of fused-ring (bicyclic) bond motifs is 6. The lowest BCUT2D eigenvalue weighted by atomic mass is 9.77. The molecule has 0 fully saturated rings. The van der Waals surface area contributed by atoms with Crippen molar-refractivity contribution in [2.75, 3.05) is 23.3 Å². The second-order valence-electron chi connectivity index (χ2n) is 11.1. The lowest BCUT2D eigenvalue weighted by Crippen LogP contribution is -2.33. The zero-order valence-electron chi connectivity index (χ0n) is 24.3. The molecule has 1 N–H and O–H groups in total. The van der Waals surface area contributed by atoms with Gasteiger partial charge in [0.1, 0.15) is 11.5 Å². The first kappa shape index (κ1) is 28.2. The summed E-state index contributed by atoms with van der Waals surface area (Å²) in [6.07, 6.45) is 7.06. The van der Waals surface area contributed by atoms with E-state index in [9.17, 15) is 4.79 Å². The van der Waals surface area contributed by atoms with Crippen LogP contribution in [0.3, 0.4) is 0 Å². The summed E-state index contributed by atoms with van der Waals surface area (Å²) in [7, 11) is 0. The molecule has 2 aliphatic rings. The predicted octanol–water partition coefficient (Wildman–Crippen LogP) is 9.84. The second-order valence-corrected chi connectivity index (χ2v) is 11.5. The Labute approximate surface area is 253 Å². The van der Waals surface area contributed by atoms with Gasteiger partial charge in [-0.1, -0.05) is 87.5 Å². The summed E-state index contributed by atoms with van der Waals surface area (Å²) in [6.45, 7) is 6.46. The van der Waals surface area contributed by atoms with Crippen molar-refractivity contribution in [2.45, 2.75) is 58.0 Å². The number of hydrogen-bond donors (Lipinski definition) is 1. The molecular weight excluding hydrogens is 544 g/mol. The van der Waals surface area contributed by atoms with Crippen LogP contribution >= 0.6 is 11.6 Å². The summed E-state index contributed by atoms with van der Waals surface area (Å²) in [5.74, 6) is 0.915. The monoisotopic (exact) mass is 580 g/mol. The summed E-state index contributed by atoms with van der Waals surface area (Å²) in [4.78, 5) is 15.8. The highest BCUT2D eigenvalue weighted by atomic mass is 35.5. The van der Waals surface area contributed by atoms with Crippen LogP contribution in [-0.2, 0) is 10.3 Å². The summed E-state index contributed by atoms with van der Waals surface area (Å²) < 4.78 is 13.0. The van der Waals surface area contributed by atoms with Crippen LogP contribution in [0.25, 0.3) is 0 Å². The van der Waals surface area contributed by atoms with Crippen LogP contribution in [0, 0.1) is 0 Å². The van der Waals surface area contributed by atoms with E-state index in [1.54, 1.807) is 0 Å². The Kier molecular flexibility index (Phi) is 8.12. The van der Waals surface area contributed by atoms with E-state index in [0.29, 0.717) is 27.8 Å². The molecule has 1 spiro atoms. The lowest BCUT2D eigenvalue weighted by Gasteiger charge is -2.37. The molecule has 4 aromatic rings. The van der Waals surface area contributed by atoms with Gasteiger partial charge in [0.05, 0.1) is 16.3 Å². The summed E-state index contributed by atoms with van der Waals surface area (Å²) in [6, 6.07) is 27.6. The highest BCUT2D eigenvalue weighted by Gasteiger charge is 2.53. The van der Waals surface area contributed by atoms with Gasteiger partial charge in [-0.05, 0) is 49.2 Å². The van der Waals surface area contributed by atoms with E-state index in [0.717, 1.165) is 54.0 Å². The number of carbonyl (C=O) groups is 1. The minimum Gasteiger partial charge on any atom is -0.456 e. The topological polar surface area (TPSA) is 50.8 Å². The van der Waals surface area contributed by atoms with Crippen molar-refractivity contribution < 1.29 is 14.3 Å². The number of carbonyl (C=O) groups excluding carboxylic acids is 1. The Balaban J connectivity index is 1.47. The SMILES string of the molecule is CCCCCN(CCCCC)c1ccc2c(c1)Oc1cc(Cl)c(Nc3ccccc3)cc1C21OC(=O)c2ccccc21. The van der Waals surface area contributed by atoms with E-state index in [-0.39, 0.29) is 5.97 Å². The molecule has 5 nitrogen and oxygen atoms in total. The van der Waals surface area contributed by atoms with E-state index in [4.69, 9.17) is 21.1 Å². The normalized spacial score (nSPS) is 16.3. The molecule has 0 saturated heterocycles. The fourth-order valence-electron chi connectivity index (χ4n) is 6.13. The number of rotatable bonds is 11. The highest BCUT2D eigenvalue weighted by molar-refractivity contribution is 6.33. The molecule has 216 valence electrons. The molecule has 0 aliphatic carbocycles. The van der Waals surface area contributed by atoms with Crippen LogP contribution in [0.15, 0.2) is 84.9 Å². The van der Waals surface area contributed by atoms with E-state index in [1.807, 2.05) is 66.7 Å². The summed E-state index contributed by atoms with van der Waals surface area (Å²) in [5, 5.41) is 3.95. The van der Waals surface area contributed by atoms with Crippen LogP contribution < -0.4 is 15.0 Å². The fraction of sp³-hybridized carbons (Fsp3) is 0.306. The van der Waals surface area contributed by atoms with Crippen LogP contribution in [0.1, 0.15) is 79.4 Å². The van der Waals surface area contributed by atoms with E-state index in [1.165, 1.54) is 25.7 Å². The molecule has 2 heterocycles. The Morgan fingerprint density at radius 2 is 1.45 bits per heavy atom. The smallest absolute Gasteiger partial charge is 0.340 e. The molecule has 1 unspecified atom stereocenters. The fourth-order valence-corrected chi connectivity index (χ4v) is 6.33. The van der Waals surface area contributed by atoms with E-state index < -0.39 is 5.60 Å². The molecular formula is C36H37ClN2O3. The molecule has 6 rings (SSSR count). The Morgan fingerprint density at radius 1 is 0.762 bits per heavy atom. The predicted molar refractivity (Wildman–Crippen MR) is 171 cm³/mol. The number of benzene rings is 4. The maximum Gasteiger partial charge on any atom is 0.340 e. The average Bonchev–Trinajstić information content (AvgIpc) is 3.30. The third kappa shape index (κ3) is 5.11. The highest BCUT2D eigenvalue weighted by Crippen LogP contribution is 2.57. The molecule has 4 aromatic carbocycles. The van der Waals surface area contributed by atoms with Gasteiger partial charge in [-0.15, -0.1) is 0 Å². The van der Waals surface area contributed by atoms with Crippen molar-refractivity contribution in [2.24, 2.45) is 0 Å². The molecule has 0 radical (unpaired) electrons. The van der Waals surface area contributed by atoms with Gasteiger partial charge in [0, 0.05) is 53.3 Å². The molecule has 42 heavy (non-hydrogen) atoms. The van der Waals surface area contributed by atoms with Crippen LogP contribution in [0.2, 0.25) is 5.02 Å². The first-order valence-electron chi connectivity index (χ1n) is 15.1. The quantitative estimate of drug-likeness (QED) is 0.141. The van der Waals surface area contributed by atoms with Crippen molar-refractivity contribution in [3.05, 3.63) is 112 Å². The molecule has 0 saturated carbocycles. The van der Waals surface area contributed by atoms with Crippen molar-refractivity contribution in [1.82, 2.24) is 0 Å². The number of hydrogen-bond acceptors (Lipinski definition) is 5. The van der Waals surface area contributed by atoms with Crippen LogP contribution in [-0.4, -0.2) is 19.1 Å². The number of halogens is 1. The van der Waals surface area contributed by atoms with Gasteiger partial charge in [-0.2, -0.15) is 0 Å².